The third-order valence-corrected chi connectivity index (χ3v) is 2.78. The average molecular weight is 251 g/mol. The van der Waals surface area contributed by atoms with Gasteiger partial charge in [-0.3, -0.25) is 4.79 Å². The van der Waals surface area contributed by atoms with Crippen molar-refractivity contribution >= 4 is 5.91 Å². The van der Waals surface area contributed by atoms with Crippen molar-refractivity contribution in [1.82, 2.24) is 5.32 Å². The third-order valence-electron chi connectivity index (χ3n) is 2.78. The number of nitrogens with one attached hydrogen (secondary N) is 1. The normalized spacial score (nSPS) is 13.8. The summed E-state index contributed by atoms with van der Waals surface area (Å²) in [6.45, 7) is 3.61. The van der Waals surface area contributed by atoms with Gasteiger partial charge in [-0.1, -0.05) is 12.1 Å². The molecule has 1 rings (SSSR count). The van der Waals surface area contributed by atoms with Crippen molar-refractivity contribution in [2.45, 2.75) is 38.8 Å². The zero-order valence-electron chi connectivity index (χ0n) is 11.1. The van der Waals surface area contributed by atoms with E-state index < -0.39 is 6.10 Å². The zero-order valence-corrected chi connectivity index (χ0v) is 11.1. The fraction of sp³-hybridized carbons (Fsp3) is 0.500. The van der Waals surface area contributed by atoms with E-state index in [1.807, 2.05) is 31.2 Å². The second kappa shape index (κ2) is 7.01. The van der Waals surface area contributed by atoms with Crippen LogP contribution in [-0.2, 0) is 4.79 Å². The Morgan fingerprint density at radius 3 is 2.44 bits per heavy atom. The van der Waals surface area contributed by atoms with Crippen molar-refractivity contribution in [3.8, 4) is 5.75 Å². The Labute approximate surface area is 108 Å². The number of carbonyl (C=O) groups is 1. The number of ether oxygens (including phenoxy) is 1. The molecule has 1 aromatic carbocycles. The van der Waals surface area contributed by atoms with Crippen molar-refractivity contribution < 1.29 is 14.6 Å². The highest BCUT2D eigenvalue weighted by molar-refractivity contribution is 5.76. The predicted molar refractivity (Wildman–Crippen MR) is 70.5 cm³/mol. The molecule has 0 radical (unpaired) electrons. The van der Waals surface area contributed by atoms with Crippen LogP contribution in [0.1, 0.15) is 38.3 Å². The van der Waals surface area contributed by atoms with Crippen LogP contribution in [0.5, 0.6) is 5.75 Å². The summed E-state index contributed by atoms with van der Waals surface area (Å²) in [4.78, 5) is 11.6. The molecular formula is C14H21NO3. The fourth-order valence-corrected chi connectivity index (χ4v) is 1.63. The molecule has 0 aliphatic carbocycles. The Balaban J connectivity index is 2.48. The molecule has 1 aromatic rings. The quantitative estimate of drug-likeness (QED) is 0.813. The van der Waals surface area contributed by atoms with Gasteiger partial charge in [0.25, 0.3) is 0 Å². The molecule has 0 fully saturated rings. The summed E-state index contributed by atoms with van der Waals surface area (Å²) in [5, 5.41) is 12.0. The van der Waals surface area contributed by atoms with Crippen molar-refractivity contribution in [2.75, 3.05) is 7.11 Å². The molecule has 0 spiro atoms. The lowest BCUT2D eigenvalue weighted by molar-refractivity contribution is -0.122. The molecular weight excluding hydrogens is 230 g/mol. The van der Waals surface area contributed by atoms with E-state index in [0.717, 1.165) is 11.3 Å². The molecule has 0 bridgehead atoms. The number of rotatable bonds is 6. The summed E-state index contributed by atoms with van der Waals surface area (Å²) in [6, 6.07) is 7.55. The fourth-order valence-electron chi connectivity index (χ4n) is 1.63. The van der Waals surface area contributed by atoms with Gasteiger partial charge in [-0.2, -0.15) is 0 Å². The van der Waals surface area contributed by atoms with Crippen molar-refractivity contribution in [2.24, 2.45) is 0 Å². The molecule has 18 heavy (non-hydrogen) atoms. The number of hydrogen-bond donors (Lipinski definition) is 2. The van der Waals surface area contributed by atoms with E-state index in [0.29, 0.717) is 12.8 Å². The van der Waals surface area contributed by atoms with Gasteiger partial charge >= 0.3 is 0 Å². The van der Waals surface area contributed by atoms with Crippen LogP contribution in [-0.4, -0.2) is 24.2 Å². The molecule has 0 aromatic heterocycles. The first kappa shape index (κ1) is 14.5. The molecule has 0 saturated heterocycles. The molecule has 100 valence electrons. The van der Waals surface area contributed by atoms with Crippen molar-refractivity contribution in [1.29, 1.82) is 0 Å². The highest BCUT2D eigenvalue weighted by atomic mass is 16.5. The van der Waals surface area contributed by atoms with E-state index in [-0.39, 0.29) is 11.9 Å². The summed E-state index contributed by atoms with van der Waals surface area (Å²) in [5.74, 6) is 0.755. The molecule has 0 saturated carbocycles. The Hall–Kier alpha value is -1.55. The van der Waals surface area contributed by atoms with E-state index in [1.54, 1.807) is 14.0 Å². The first-order valence-electron chi connectivity index (χ1n) is 6.14. The molecule has 4 nitrogen and oxygen atoms in total. The van der Waals surface area contributed by atoms with E-state index in [4.69, 9.17) is 9.84 Å². The van der Waals surface area contributed by atoms with Gasteiger partial charge in [0, 0.05) is 6.42 Å². The molecule has 1 amide bonds. The third kappa shape index (κ3) is 4.75. The highest BCUT2D eigenvalue weighted by Crippen LogP contribution is 2.17. The summed E-state index contributed by atoms with van der Waals surface area (Å²) < 4.78 is 5.08. The lowest BCUT2D eigenvalue weighted by Gasteiger charge is -2.15. The van der Waals surface area contributed by atoms with Gasteiger partial charge in [0.1, 0.15) is 5.75 Å². The molecule has 2 N–H and O–H groups in total. The van der Waals surface area contributed by atoms with E-state index >= 15 is 0 Å². The number of aliphatic hydroxyl groups is 1. The lowest BCUT2D eigenvalue weighted by Crippen LogP contribution is -2.27. The molecule has 0 aliphatic heterocycles. The summed E-state index contributed by atoms with van der Waals surface area (Å²) in [6.07, 6.45) is 0.395. The number of benzene rings is 1. The van der Waals surface area contributed by atoms with Gasteiger partial charge < -0.3 is 15.2 Å². The predicted octanol–water partition coefficient (Wildman–Crippen LogP) is 2.03. The van der Waals surface area contributed by atoms with E-state index in [9.17, 15) is 4.79 Å². The van der Waals surface area contributed by atoms with Crippen LogP contribution in [0.15, 0.2) is 24.3 Å². The standard InChI is InChI=1S/C14H21NO3/c1-10(16)4-9-14(17)15-11(2)12-5-7-13(18-3)8-6-12/h5-8,10-11,16H,4,9H2,1-3H3,(H,15,17). The van der Waals surface area contributed by atoms with Gasteiger partial charge in [-0.15, -0.1) is 0 Å². The number of methoxy groups -OCH3 is 1. The van der Waals surface area contributed by atoms with Gasteiger partial charge in [-0.05, 0) is 38.0 Å². The molecule has 2 unspecified atom stereocenters. The Bertz CT molecular complexity index is 373. The SMILES string of the molecule is COc1ccc(C(C)NC(=O)CCC(C)O)cc1. The first-order valence-corrected chi connectivity index (χ1v) is 6.14. The van der Waals surface area contributed by atoms with Crippen molar-refractivity contribution in [3.05, 3.63) is 29.8 Å². The van der Waals surface area contributed by atoms with Crippen LogP contribution in [0.4, 0.5) is 0 Å². The van der Waals surface area contributed by atoms with Gasteiger partial charge in [-0.25, -0.2) is 0 Å². The van der Waals surface area contributed by atoms with Crippen LogP contribution in [0, 0.1) is 0 Å². The van der Waals surface area contributed by atoms with Crippen LogP contribution in [0.25, 0.3) is 0 Å². The largest absolute Gasteiger partial charge is 0.497 e. The Morgan fingerprint density at radius 2 is 1.94 bits per heavy atom. The maximum atomic E-state index is 11.6. The average Bonchev–Trinajstić information content (AvgIpc) is 2.36. The maximum absolute atomic E-state index is 11.6. The minimum absolute atomic E-state index is 0.0424. The topological polar surface area (TPSA) is 58.6 Å². The maximum Gasteiger partial charge on any atom is 0.220 e. The van der Waals surface area contributed by atoms with E-state index in [2.05, 4.69) is 5.32 Å². The molecule has 2 atom stereocenters. The number of amides is 1. The highest BCUT2D eigenvalue weighted by Gasteiger charge is 2.10. The Morgan fingerprint density at radius 1 is 1.33 bits per heavy atom. The molecule has 0 aliphatic rings. The van der Waals surface area contributed by atoms with Gasteiger partial charge in [0.05, 0.1) is 19.3 Å². The zero-order chi connectivity index (χ0) is 13.5. The van der Waals surface area contributed by atoms with Crippen LogP contribution >= 0.6 is 0 Å². The summed E-state index contributed by atoms with van der Waals surface area (Å²) >= 11 is 0. The minimum atomic E-state index is -0.438. The number of carbonyl (C=O) groups excluding carboxylic acids is 1. The molecule has 4 heteroatoms. The first-order chi connectivity index (χ1) is 8.52. The summed E-state index contributed by atoms with van der Waals surface area (Å²) in [5.41, 5.74) is 1.03. The van der Waals surface area contributed by atoms with Crippen LogP contribution in [0.3, 0.4) is 0 Å². The smallest absolute Gasteiger partial charge is 0.220 e. The lowest BCUT2D eigenvalue weighted by atomic mass is 10.1. The van der Waals surface area contributed by atoms with Gasteiger partial charge in [0.15, 0.2) is 0 Å². The van der Waals surface area contributed by atoms with Crippen molar-refractivity contribution in [3.63, 3.8) is 0 Å². The number of hydrogen-bond acceptors (Lipinski definition) is 3. The number of aliphatic hydroxyl groups excluding tert-OH is 1. The van der Waals surface area contributed by atoms with E-state index in [1.165, 1.54) is 0 Å². The summed E-state index contributed by atoms with van der Waals surface area (Å²) in [7, 11) is 1.62. The van der Waals surface area contributed by atoms with Gasteiger partial charge in [0.2, 0.25) is 5.91 Å². The monoisotopic (exact) mass is 251 g/mol. The molecule has 0 heterocycles. The van der Waals surface area contributed by atoms with Crippen LogP contribution in [0.2, 0.25) is 0 Å². The minimum Gasteiger partial charge on any atom is -0.497 e. The second-order valence-corrected chi connectivity index (χ2v) is 4.45. The second-order valence-electron chi connectivity index (χ2n) is 4.45. The van der Waals surface area contributed by atoms with Crippen LogP contribution < -0.4 is 10.1 Å². The Kier molecular flexibility index (Phi) is 5.65.